The predicted molar refractivity (Wildman–Crippen MR) is 159 cm³/mol. The second kappa shape index (κ2) is 13.6. The summed E-state index contributed by atoms with van der Waals surface area (Å²) in [6.07, 6.45) is 0.915. The number of nitrogens with one attached hydrogen (secondary N) is 1. The van der Waals surface area contributed by atoms with Crippen LogP contribution in [-0.2, 0) is 59.3 Å². The number of ether oxygens (including phenoxy) is 3. The van der Waals surface area contributed by atoms with E-state index < -0.39 is 36.0 Å². The van der Waals surface area contributed by atoms with E-state index in [1.54, 1.807) is 4.57 Å². The van der Waals surface area contributed by atoms with E-state index in [-0.39, 0.29) is 56.5 Å². The summed E-state index contributed by atoms with van der Waals surface area (Å²) in [7, 11) is 3.66. The van der Waals surface area contributed by atoms with Gasteiger partial charge in [0, 0.05) is 23.0 Å². The summed E-state index contributed by atoms with van der Waals surface area (Å²) in [6.45, 7) is -3.75. The first-order valence-corrected chi connectivity index (χ1v) is 16.0. The van der Waals surface area contributed by atoms with Crippen molar-refractivity contribution in [3.63, 3.8) is 0 Å². The van der Waals surface area contributed by atoms with E-state index in [1.807, 2.05) is 0 Å². The van der Waals surface area contributed by atoms with Crippen molar-refractivity contribution in [3.05, 3.63) is 34.5 Å². The van der Waals surface area contributed by atoms with E-state index in [0.29, 0.717) is 22.8 Å². The van der Waals surface area contributed by atoms with Gasteiger partial charge in [0.2, 0.25) is 5.95 Å². The molecular formula is C21H27N9O9P2S2. The van der Waals surface area contributed by atoms with Crippen LogP contribution in [0.25, 0.3) is 22.3 Å². The van der Waals surface area contributed by atoms with E-state index in [9.17, 15) is 14.5 Å². The maximum absolute atomic E-state index is 12.3. The van der Waals surface area contributed by atoms with Gasteiger partial charge < -0.3 is 43.0 Å². The average molecular weight is 676 g/mol. The van der Waals surface area contributed by atoms with Crippen LogP contribution in [0.5, 0.6) is 0 Å². The van der Waals surface area contributed by atoms with Gasteiger partial charge >= 0.3 is 12.0 Å². The lowest BCUT2D eigenvalue weighted by atomic mass is 10.2. The number of H-pyrrole nitrogens is 1. The van der Waals surface area contributed by atoms with Gasteiger partial charge in [-0.15, -0.1) is 0 Å². The Morgan fingerprint density at radius 2 is 2.14 bits per heavy atom. The van der Waals surface area contributed by atoms with Gasteiger partial charge in [0.25, 0.3) is 5.56 Å². The summed E-state index contributed by atoms with van der Waals surface area (Å²) in [4.78, 5) is 58.5. The van der Waals surface area contributed by atoms with Crippen LogP contribution in [0.3, 0.4) is 0 Å². The molecule has 1 aliphatic rings. The number of methoxy groups -OCH3 is 1. The fraction of sp³-hybridized carbons (Fsp3) is 0.476. The maximum atomic E-state index is 12.3. The van der Waals surface area contributed by atoms with Gasteiger partial charge in [0.05, 0.1) is 31.8 Å². The van der Waals surface area contributed by atoms with Crippen molar-refractivity contribution >= 4 is 74.2 Å². The number of hydrogen-bond acceptors (Lipinski definition) is 15. The Hall–Kier alpha value is -2.64. The van der Waals surface area contributed by atoms with Gasteiger partial charge in [-0.1, -0.05) is 12.6 Å². The van der Waals surface area contributed by atoms with Crippen molar-refractivity contribution in [1.82, 2.24) is 39.0 Å². The van der Waals surface area contributed by atoms with Gasteiger partial charge in [-0.25, -0.2) is 24.7 Å². The summed E-state index contributed by atoms with van der Waals surface area (Å²) in [6, 6.07) is 0. The third kappa shape index (κ3) is 7.37. The highest BCUT2D eigenvalue weighted by molar-refractivity contribution is 8.07. The number of nitrogens with two attached hydrogens (primary N) is 1. The van der Waals surface area contributed by atoms with Gasteiger partial charge in [-0.3, -0.25) is 14.3 Å². The van der Waals surface area contributed by atoms with Crippen molar-refractivity contribution in [2.75, 3.05) is 26.1 Å². The number of thiol groups is 1. The molecule has 43 heavy (non-hydrogen) atoms. The van der Waals surface area contributed by atoms with Gasteiger partial charge in [-0.05, 0) is 11.8 Å². The maximum Gasteiger partial charge on any atom is 0.364 e. The summed E-state index contributed by atoms with van der Waals surface area (Å²) in [5.41, 5.74) is 6.28. The largest absolute Gasteiger partial charge is 0.456 e. The Kier molecular flexibility index (Phi) is 10.0. The lowest BCUT2D eigenvalue weighted by Crippen LogP contribution is -2.23. The molecule has 0 radical (unpaired) electrons. The minimum Gasteiger partial charge on any atom is -0.456 e. The zero-order chi connectivity index (χ0) is 30.7. The van der Waals surface area contributed by atoms with Crippen LogP contribution >= 0.6 is 28.8 Å². The van der Waals surface area contributed by atoms with Crippen molar-refractivity contribution in [2.24, 2.45) is 0 Å². The fourth-order valence-electron chi connectivity index (χ4n) is 4.51. The van der Waals surface area contributed by atoms with Crippen molar-refractivity contribution < 1.29 is 37.5 Å². The quantitative estimate of drug-likeness (QED) is 0.0879. The number of imidazole rings is 2. The third-order valence-electron chi connectivity index (χ3n) is 6.21. The van der Waals surface area contributed by atoms with Crippen LogP contribution < -0.4 is 11.3 Å². The molecule has 1 aliphatic heterocycles. The van der Waals surface area contributed by atoms with Crippen LogP contribution in [-0.4, -0.2) is 81.8 Å². The SMILES string of the molecule is COCc1ncc2nc(COP(O)(=S)O[C@@H]3C[C@@H](COP)O[C@H]3n3cnc4c(=O)[nH]c(N)nc43)n(CCOC(=O)S)c2n1. The molecule has 1 fully saturated rings. The van der Waals surface area contributed by atoms with Crippen LogP contribution in [0.15, 0.2) is 17.3 Å². The van der Waals surface area contributed by atoms with Crippen LogP contribution in [0.4, 0.5) is 10.7 Å². The fourth-order valence-corrected chi connectivity index (χ4v) is 6.18. The number of nitrogen functional groups attached to an aromatic ring is 1. The minimum atomic E-state index is -3.94. The molecule has 22 heteroatoms. The number of fused-ring (bicyclic) bond motifs is 2. The Morgan fingerprint density at radius 3 is 2.88 bits per heavy atom. The number of anilines is 1. The number of hydrogen-bond donors (Lipinski definition) is 4. The van der Waals surface area contributed by atoms with Gasteiger partial charge in [0.15, 0.2) is 28.9 Å². The van der Waals surface area contributed by atoms with Gasteiger partial charge in [-0.2, -0.15) is 4.98 Å². The normalized spacial score (nSPS) is 20.1. The molecule has 4 aromatic rings. The number of aromatic amines is 1. The van der Waals surface area contributed by atoms with Crippen molar-refractivity contribution in [1.29, 1.82) is 0 Å². The zero-order valence-corrected chi connectivity index (χ0v) is 26.2. The Bertz CT molecular complexity index is 1740. The Morgan fingerprint density at radius 1 is 1.33 bits per heavy atom. The molecule has 5 rings (SSSR count). The molecular weight excluding hydrogens is 648 g/mol. The second-order valence-electron chi connectivity index (χ2n) is 9.10. The highest BCUT2D eigenvalue weighted by atomic mass is 32.5. The van der Waals surface area contributed by atoms with Crippen LogP contribution in [0, 0.1) is 0 Å². The molecule has 232 valence electrons. The number of carbonyl (C=O) groups excluding carboxylic acids is 1. The summed E-state index contributed by atoms with van der Waals surface area (Å²) in [5, 5.41) is -0.747. The molecule has 0 aromatic carbocycles. The second-order valence-corrected chi connectivity index (χ2v) is 12.6. The predicted octanol–water partition coefficient (Wildman–Crippen LogP) is 0.967. The van der Waals surface area contributed by atoms with Gasteiger partial charge in [0.1, 0.15) is 37.3 Å². The first-order valence-electron chi connectivity index (χ1n) is 12.5. The minimum absolute atomic E-state index is 0.0330. The van der Waals surface area contributed by atoms with E-state index in [2.05, 4.69) is 52.0 Å². The highest BCUT2D eigenvalue weighted by Crippen LogP contribution is 2.50. The number of aromatic nitrogens is 8. The molecule has 5 heterocycles. The lowest BCUT2D eigenvalue weighted by molar-refractivity contribution is -0.0420. The van der Waals surface area contributed by atoms with Crippen molar-refractivity contribution in [3.8, 4) is 0 Å². The van der Waals surface area contributed by atoms with Crippen molar-refractivity contribution in [2.45, 2.75) is 44.6 Å². The molecule has 2 unspecified atom stereocenters. The van der Waals surface area contributed by atoms with E-state index in [0.717, 1.165) is 0 Å². The molecule has 5 atom stereocenters. The Balaban J connectivity index is 1.37. The monoisotopic (exact) mass is 675 g/mol. The van der Waals surface area contributed by atoms with E-state index >= 15 is 0 Å². The first kappa shape index (κ1) is 31.8. The number of nitrogens with zero attached hydrogens (tertiary/aromatic N) is 7. The standard InChI is InChI=1S/C21H27N9O9P2S2/c1-34-7-13-23-5-11-16(26-13)29(2-3-35-21(32)42)14(25-11)8-37-41(33,43)39-12-4-10(6-36-40)38-19(12)30-9-24-15-17(30)27-20(22)28-18(15)31/h5,9-10,12,19H,2-4,6-8,40H2,1H3,(H,32,42)(H,33,43)(H3,22,27,28,31)/t10-,12+,19+,41?/m0/s1. The molecule has 0 bridgehead atoms. The topological polar surface area (TPSA) is 226 Å². The van der Waals surface area contributed by atoms with Crippen LogP contribution in [0.1, 0.15) is 24.3 Å². The molecule has 0 spiro atoms. The summed E-state index contributed by atoms with van der Waals surface area (Å²) < 4.78 is 36.1. The molecule has 0 saturated carbocycles. The third-order valence-corrected chi connectivity index (χ3v) is 8.10. The molecule has 4 aromatic heterocycles. The number of carbonyl (C=O) groups is 1. The number of rotatable bonds is 13. The van der Waals surface area contributed by atoms with E-state index in [4.69, 9.17) is 45.3 Å². The first-order chi connectivity index (χ1) is 20.6. The molecule has 4 N–H and O–H groups in total. The molecule has 0 amide bonds. The van der Waals surface area contributed by atoms with E-state index in [1.165, 1.54) is 24.2 Å². The molecule has 0 aliphatic carbocycles. The Labute approximate surface area is 255 Å². The summed E-state index contributed by atoms with van der Waals surface area (Å²) in [5.74, 6) is 0.613. The molecule has 18 nitrogen and oxygen atoms in total. The summed E-state index contributed by atoms with van der Waals surface area (Å²) >= 11 is 8.98. The molecule has 1 saturated heterocycles. The zero-order valence-electron chi connectivity index (χ0n) is 22.4. The van der Waals surface area contributed by atoms with Crippen LogP contribution in [0.2, 0.25) is 0 Å². The smallest absolute Gasteiger partial charge is 0.364 e. The highest BCUT2D eigenvalue weighted by Gasteiger charge is 2.41. The lowest BCUT2D eigenvalue weighted by Gasteiger charge is -2.24. The average Bonchev–Trinajstić information content (AvgIpc) is 3.63.